The van der Waals surface area contributed by atoms with Crippen LogP contribution < -0.4 is 0 Å². The second-order valence-electron chi connectivity index (χ2n) is 4.69. The number of aliphatic hydroxyl groups excluding tert-OH is 1. The summed E-state index contributed by atoms with van der Waals surface area (Å²) in [6.45, 7) is 5.68. The van der Waals surface area contributed by atoms with Crippen molar-refractivity contribution < 1.29 is 10.2 Å². The molecule has 15 heavy (non-hydrogen) atoms. The average molecular weight is 208 g/mol. The van der Waals surface area contributed by atoms with Crippen LogP contribution >= 0.6 is 0 Å². The van der Waals surface area contributed by atoms with Crippen LogP contribution in [0.2, 0.25) is 0 Å². The summed E-state index contributed by atoms with van der Waals surface area (Å²) in [6.07, 6.45) is 0.923. The van der Waals surface area contributed by atoms with Crippen LogP contribution in [0.25, 0.3) is 0 Å². The van der Waals surface area contributed by atoms with Gasteiger partial charge in [-0.25, -0.2) is 0 Å². The summed E-state index contributed by atoms with van der Waals surface area (Å²) in [5.74, 6) is 0.542. The predicted octanol–water partition coefficient (Wildman–Crippen LogP) is 2.08. The van der Waals surface area contributed by atoms with Crippen molar-refractivity contribution in [1.29, 1.82) is 0 Å². The number of benzene rings is 1. The summed E-state index contributed by atoms with van der Waals surface area (Å²) in [4.78, 5) is 0. The Morgan fingerprint density at radius 1 is 1.27 bits per heavy atom. The van der Waals surface area contributed by atoms with E-state index < -0.39 is 5.60 Å². The largest absolute Gasteiger partial charge is 0.393 e. The van der Waals surface area contributed by atoms with Gasteiger partial charge in [0.1, 0.15) is 5.60 Å². The van der Waals surface area contributed by atoms with Crippen molar-refractivity contribution in [3.05, 3.63) is 35.4 Å². The van der Waals surface area contributed by atoms with Gasteiger partial charge in [0, 0.05) is 0 Å². The van der Waals surface area contributed by atoms with Crippen molar-refractivity contribution in [2.75, 3.05) is 6.61 Å². The van der Waals surface area contributed by atoms with E-state index in [-0.39, 0.29) is 6.61 Å². The van der Waals surface area contributed by atoms with Crippen LogP contribution in [-0.4, -0.2) is 16.8 Å². The lowest BCUT2D eigenvalue weighted by Gasteiger charge is -2.24. The molecule has 2 nitrogen and oxygen atoms in total. The van der Waals surface area contributed by atoms with Crippen molar-refractivity contribution in [2.45, 2.75) is 32.8 Å². The maximum Gasteiger partial charge on any atom is 0.110 e. The topological polar surface area (TPSA) is 40.5 Å². The number of hydrogen-bond donors (Lipinski definition) is 2. The lowest BCUT2D eigenvalue weighted by molar-refractivity contribution is -0.00307. The van der Waals surface area contributed by atoms with E-state index in [4.69, 9.17) is 5.11 Å². The van der Waals surface area contributed by atoms with Crippen LogP contribution in [0.1, 0.15) is 31.9 Å². The van der Waals surface area contributed by atoms with Crippen LogP contribution in [0.15, 0.2) is 24.3 Å². The summed E-state index contributed by atoms with van der Waals surface area (Å²) in [5.41, 5.74) is 0.818. The van der Waals surface area contributed by atoms with Gasteiger partial charge in [-0.15, -0.1) is 0 Å². The molecular weight excluding hydrogens is 188 g/mol. The highest BCUT2D eigenvalue weighted by atomic mass is 16.3. The first-order valence-electron chi connectivity index (χ1n) is 5.39. The molecule has 0 aliphatic heterocycles. The Morgan fingerprint density at radius 2 is 1.87 bits per heavy atom. The monoisotopic (exact) mass is 208 g/mol. The molecule has 0 aliphatic rings. The molecule has 0 bridgehead atoms. The molecule has 2 heteroatoms. The first kappa shape index (κ1) is 12.2. The van der Waals surface area contributed by atoms with Gasteiger partial charge in [0.05, 0.1) is 6.61 Å². The molecule has 0 heterocycles. The molecule has 0 unspecified atom stereocenters. The summed E-state index contributed by atoms with van der Waals surface area (Å²) in [6, 6.07) is 7.76. The van der Waals surface area contributed by atoms with Gasteiger partial charge in [-0.2, -0.15) is 0 Å². The molecule has 0 saturated carbocycles. The van der Waals surface area contributed by atoms with E-state index >= 15 is 0 Å². The minimum absolute atomic E-state index is 0.248. The SMILES string of the molecule is CC(C)Cc1ccccc1[C@](C)(O)CO. The molecule has 0 amide bonds. The molecule has 0 aliphatic carbocycles. The van der Waals surface area contributed by atoms with Crippen molar-refractivity contribution >= 4 is 0 Å². The summed E-state index contributed by atoms with van der Waals surface area (Å²) in [7, 11) is 0. The molecule has 84 valence electrons. The average Bonchev–Trinajstić information content (AvgIpc) is 2.17. The van der Waals surface area contributed by atoms with Gasteiger partial charge >= 0.3 is 0 Å². The highest BCUT2D eigenvalue weighted by Crippen LogP contribution is 2.25. The standard InChI is InChI=1S/C13H20O2/c1-10(2)8-11-6-4-5-7-12(11)13(3,15)9-14/h4-7,10,14-15H,8-9H2,1-3H3/t13-/m1/s1. The Bertz CT molecular complexity index is 316. The van der Waals surface area contributed by atoms with Crippen LogP contribution in [0.5, 0.6) is 0 Å². The van der Waals surface area contributed by atoms with E-state index in [1.807, 2.05) is 24.3 Å². The van der Waals surface area contributed by atoms with Crippen molar-refractivity contribution in [2.24, 2.45) is 5.92 Å². The molecule has 1 aromatic rings. The van der Waals surface area contributed by atoms with E-state index in [1.165, 1.54) is 0 Å². The summed E-state index contributed by atoms with van der Waals surface area (Å²) < 4.78 is 0. The lowest BCUT2D eigenvalue weighted by atomic mass is 9.88. The smallest absolute Gasteiger partial charge is 0.110 e. The maximum atomic E-state index is 10.0. The Labute approximate surface area is 91.6 Å². The van der Waals surface area contributed by atoms with E-state index in [2.05, 4.69) is 13.8 Å². The highest BCUT2D eigenvalue weighted by Gasteiger charge is 2.24. The highest BCUT2D eigenvalue weighted by molar-refractivity contribution is 5.32. The zero-order valence-electron chi connectivity index (χ0n) is 9.70. The van der Waals surface area contributed by atoms with E-state index in [1.54, 1.807) is 6.92 Å². The molecule has 1 aromatic carbocycles. The van der Waals surface area contributed by atoms with Crippen molar-refractivity contribution in [1.82, 2.24) is 0 Å². The zero-order chi connectivity index (χ0) is 11.5. The molecule has 1 atom stereocenters. The molecule has 0 aromatic heterocycles. The fourth-order valence-corrected chi connectivity index (χ4v) is 1.75. The minimum atomic E-state index is -1.13. The van der Waals surface area contributed by atoms with Crippen molar-refractivity contribution in [3.8, 4) is 0 Å². The van der Waals surface area contributed by atoms with Crippen LogP contribution in [0.4, 0.5) is 0 Å². The van der Waals surface area contributed by atoms with Gasteiger partial charge in [-0.1, -0.05) is 38.1 Å². The lowest BCUT2D eigenvalue weighted by Crippen LogP contribution is -2.27. The fourth-order valence-electron chi connectivity index (χ4n) is 1.75. The summed E-state index contributed by atoms with van der Waals surface area (Å²) >= 11 is 0. The quantitative estimate of drug-likeness (QED) is 0.795. The molecule has 0 radical (unpaired) electrons. The number of aliphatic hydroxyl groups is 2. The first-order valence-corrected chi connectivity index (χ1v) is 5.39. The minimum Gasteiger partial charge on any atom is -0.393 e. The van der Waals surface area contributed by atoms with Crippen LogP contribution in [-0.2, 0) is 12.0 Å². The van der Waals surface area contributed by atoms with Crippen molar-refractivity contribution in [3.63, 3.8) is 0 Å². The number of hydrogen-bond acceptors (Lipinski definition) is 2. The Balaban J connectivity index is 3.06. The molecular formula is C13H20O2. The summed E-state index contributed by atoms with van der Waals surface area (Å²) in [5, 5.41) is 19.2. The second-order valence-corrected chi connectivity index (χ2v) is 4.69. The third-order valence-electron chi connectivity index (χ3n) is 2.53. The van der Waals surface area contributed by atoms with Gasteiger partial charge in [0.15, 0.2) is 0 Å². The first-order chi connectivity index (χ1) is 6.97. The van der Waals surface area contributed by atoms with Gasteiger partial charge in [-0.3, -0.25) is 0 Å². The fraction of sp³-hybridized carbons (Fsp3) is 0.538. The molecule has 2 N–H and O–H groups in total. The second kappa shape index (κ2) is 4.77. The zero-order valence-corrected chi connectivity index (χ0v) is 9.70. The van der Waals surface area contributed by atoms with Crippen LogP contribution in [0, 0.1) is 5.92 Å². The Morgan fingerprint density at radius 3 is 2.40 bits per heavy atom. The van der Waals surface area contributed by atoms with E-state index in [0.717, 1.165) is 17.5 Å². The Kier molecular flexibility index (Phi) is 3.89. The maximum absolute atomic E-state index is 10.0. The van der Waals surface area contributed by atoms with E-state index in [9.17, 15) is 5.11 Å². The molecule has 0 saturated heterocycles. The van der Waals surface area contributed by atoms with Gasteiger partial charge in [0.25, 0.3) is 0 Å². The molecule has 0 fully saturated rings. The Hall–Kier alpha value is -0.860. The third-order valence-corrected chi connectivity index (χ3v) is 2.53. The van der Waals surface area contributed by atoms with Crippen LogP contribution in [0.3, 0.4) is 0 Å². The molecule has 1 rings (SSSR count). The van der Waals surface area contributed by atoms with Gasteiger partial charge in [-0.05, 0) is 30.4 Å². The normalized spacial score (nSPS) is 15.3. The molecule has 0 spiro atoms. The van der Waals surface area contributed by atoms with Gasteiger partial charge < -0.3 is 10.2 Å². The predicted molar refractivity (Wildman–Crippen MR) is 61.6 cm³/mol. The van der Waals surface area contributed by atoms with E-state index in [0.29, 0.717) is 5.92 Å². The van der Waals surface area contributed by atoms with Gasteiger partial charge in [0.2, 0.25) is 0 Å². The third kappa shape index (κ3) is 3.05. The number of rotatable bonds is 4.